The Morgan fingerprint density at radius 3 is 2.81 bits per heavy atom. The second kappa shape index (κ2) is 7.36. The van der Waals surface area contributed by atoms with Crippen molar-refractivity contribution < 1.29 is 0 Å². The summed E-state index contributed by atoms with van der Waals surface area (Å²) >= 11 is 0. The zero-order chi connectivity index (χ0) is 11.8. The van der Waals surface area contributed by atoms with Gasteiger partial charge in [-0.2, -0.15) is 0 Å². The number of aromatic nitrogens is 1. The largest absolute Gasteiger partial charge is 0.314 e. The molecule has 3 nitrogen and oxygen atoms in total. The fourth-order valence-electron chi connectivity index (χ4n) is 1.53. The van der Waals surface area contributed by atoms with Gasteiger partial charge in [0.05, 0.1) is 0 Å². The van der Waals surface area contributed by atoms with Crippen LogP contribution in [0.1, 0.15) is 31.5 Å². The molecule has 0 amide bonds. The maximum Gasteiger partial charge on any atom is 0.0417 e. The molecule has 1 rings (SSSR count). The highest BCUT2D eigenvalue weighted by molar-refractivity contribution is 5.17. The molecule has 0 radical (unpaired) electrons. The van der Waals surface area contributed by atoms with Crippen LogP contribution in [0.5, 0.6) is 0 Å². The normalized spacial score (nSPS) is 11.0. The van der Waals surface area contributed by atoms with E-state index in [1.807, 2.05) is 12.3 Å². The van der Waals surface area contributed by atoms with Crippen LogP contribution in [-0.2, 0) is 6.54 Å². The summed E-state index contributed by atoms with van der Waals surface area (Å²) in [7, 11) is 0. The van der Waals surface area contributed by atoms with E-state index in [0.29, 0.717) is 6.04 Å². The standard InChI is InChI=1S/C13H23N3/c1-11(2)15-9-5-7-14-10-13-6-4-8-16-12(13)3/h4,6,8,11,14-15H,5,7,9-10H2,1-3H3. The third-order valence-corrected chi connectivity index (χ3v) is 2.51. The first-order chi connectivity index (χ1) is 7.70. The minimum atomic E-state index is 0.584. The van der Waals surface area contributed by atoms with Gasteiger partial charge in [0.2, 0.25) is 0 Å². The predicted molar refractivity (Wildman–Crippen MR) is 68.4 cm³/mol. The smallest absolute Gasteiger partial charge is 0.0417 e. The molecule has 1 aromatic heterocycles. The van der Waals surface area contributed by atoms with Crippen LogP contribution in [0.4, 0.5) is 0 Å². The minimum absolute atomic E-state index is 0.584. The van der Waals surface area contributed by atoms with Crippen molar-refractivity contribution in [1.29, 1.82) is 0 Å². The average Bonchev–Trinajstić information content (AvgIpc) is 2.25. The Balaban J connectivity index is 2.10. The fourth-order valence-corrected chi connectivity index (χ4v) is 1.53. The Kier molecular flexibility index (Phi) is 6.04. The minimum Gasteiger partial charge on any atom is -0.314 e. The lowest BCUT2D eigenvalue weighted by atomic mass is 10.2. The molecule has 0 fully saturated rings. The van der Waals surface area contributed by atoms with E-state index in [1.165, 1.54) is 5.56 Å². The van der Waals surface area contributed by atoms with Crippen LogP contribution >= 0.6 is 0 Å². The molecule has 1 heterocycles. The van der Waals surface area contributed by atoms with Crippen molar-refractivity contribution in [2.75, 3.05) is 13.1 Å². The van der Waals surface area contributed by atoms with Gasteiger partial charge < -0.3 is 10.6 Å². The molecule has 0 bridgehead atoms. The lowest BCUT2D eigenvalue weighted by Gasteiger charge is -2.09. The van der Waals surface area contributed by atoms with Crippen molar-refractivity contribution in [3.8, 4) is 0 Å². The van der Waals surface area contributed by atoms with Crippen molar-refractivity contribution in [2.45, 2.75) is 39.8 Å². The van der Waals surface area contributed by atoms with E-state index in [9.17, 15) is 0 Å². The predicted octanol–water partition coefficient (Wildman–Crippen LogP) is 1.87. The van der Waals surface area contributed by atoms with Gasteiger partial charge in [0.15, 0.2) is 0 Å². The van der Waals surface area contributed by atoms with E-state index in [4.69, 9.17) is 0 Å². The second-order valence-electron chi connectivity index (χ2n) is 4.39. The van der Waals surface area contributed by atoms with Crippen molar-refractivity contribution in [3.63, 3.8) is 0 Å². The quantitative estimate of drug-likeness (QED) is 0.690. The lowest BCUT2D eigenvalue weighted by molar-refractivity contribution is 0.547. The average molecular weight is 221 g/mol. The van der Waals surface area contributed by atoms with Crippen molar-refractivity contribution in [1.82, 2.24) is 15.6 Å². The zero-order valence-corrected chi connectivity index (χ0v) is 10.6. The molecule has 0 atom stereocenters. The molecule has 0 spiro atoms. The summed E-state index contributed by atoms with van der Waals surface area (Å²) < 4.78 is 0. The number of rotatable bonds is 7. The molecule has 1 aromatic rings. The first-order valence-corrected chi connectivity index (χ1v) is 6.04. The number of hydrogen-bond acceptors (Lipinski definition) is 3. The van der Waals surface area contributed by atoms with E-state index in [1.54, 1.807) is 0 Å². The van der Waals surface area contributed by atoms with Gasteiger partial charge in [-0.3, -0.25) is 4.98 Å². The highest BCUT2D eigenvalue weighted by Crippen LogP contribution is 2.02. The summed E-state index contributed by atoms with van der Waals surface area (Å²) in [5.41, 5.74) is 2.41. The number of nitrogens with zero attached hydrogens (tertiary/aromatic N) is 1. The maximum absolute atomic E-state index is 4.27. The van der Waals surface area contributed by atoms with Gasteiger partial charge in [0.25, 0.3) is 0 Å². The third kappa shape index (κ3) is 5.24. The van der Waals surface area contributed by atoms with Gasteiger partial charge in [-0.1, -0.05) is 19.9 Å². The van der Waals surface area contributed by atoms with Crippen LogP contribution < -0.4 is 10.6 Å². The highest BCUT2D eigenvalue weighted by atomic mass is 14.9. The van der Waals surface area contributed by atoms with E-state index >= 15 is 0 Å². The Labute approximate surface area is 98.7 Å². The maximum atomic E-state index is 4.27. The Morgan fingerprint density at radius 2 is 2.12 bits per heavy atom. The van der Waals surface area contributed by atoms with Crippen LogP contribution in [0.3, 0.4) is 0 Å². The lowest BCUT2D eigenvalue weighted by Crippen LogP contribution is -2.26. The molecule has 16 heavy (non-hydrogen) atoms. The summed E-state index contributed by atoms with van der Waals surface area (Å²) in [5.74, 6) is 0. The molecule has 90 valence electrons. The number of pyridine rings is 1. The van der Waals surface area contributed by atoms with Gasteiger partial charge >= 0.3 is 0 Å². The van der Waals surface area contributed by atoms with E-state index < -0.39 is 0 Å². The molecule has 0 unspecified atom stereocenters. The number of hydrogen-bond donors (Lipinski definition) is 2. The van der Waals surface area contributed by atoms with Gasteiger partial charge in [-0.05, 0) is 38.1 Å². The summed E-state index contributed by atoms with van der Waals surface area (Å²) in [6.07, 6.45) is 3.00. The molecular formula is C13H23N3. The van der Waals surface area contributed by atoms with Crippen LogP contribution in [0.15, 0.2) is 18.3 Å². The molecule has 2 N–H and O–H groups in total. The Hall–Kier alpha value is -0.930. The zero-order valence-electron chi connectivity index (χ0n) is 10.6. The molecular weight excluding hydrogens is 198 g/mol. The van der Waals surface area contributed by atoms with Crippen LogP contribution in [0, 0.1) is 6.92 Å². The van der Waals surface area contributed by atoms with Crippen molar-refractivity contribution in [3.05, 3.63) is 29.6 Å². The number of nitrogens with one attached hydrogen (secondary N) is 2. The first kappa shape index (κ1) is 13.1. The first-order valence-electron chi connectivity index (χ1n) is 6.04. The summed E-state index contributed by atoms with van der Waals surface area (Å²) in [4.78, 5) is 4.27. The molecule has 0 aliphatic heterocycles. The van der Waals surface area contributed by atoms with E-state index in [2.05, 4.69) is 42.5 Å². The monoisotopic (exact) mass is 221 g/mol. The molecule has 3 heteroatoms. The van der Waals surface area contributed by atoms with Crippen LogP contribution in [0.25, 0.3) is 0 Å². The van der Waals surface area contributed by atoms with E-state index in [0.717, 1.165) is 31.7 Å². The highest BCUT2D eigenvalue weighted by Gasteiger charge is 1.97. The third-order valence-electron chi connectivity index (χ3n) is 2.51. The Bertz CT molecular complexity index is 297. The molecule has 0 aliphatic carbocycles. The molecule has 0 saturated carbocycles. The fraction of sp³-hybridized carbons (Fsp3) is 0.615. The van der Waals surface area contributed by atoms with Crippen molar-refractivity contribution >= 4 is 0 Å². The van der Waals surface area contributed by atoms with Crippen molar-refractivity contribution in [2.24, 2.45) is 0 Å². The van der Waals surface area contributed by atoms with Crippen LogP contribution in [0.2, 0.25) is 0 Å². The van der Waals surface area contributed by atoms with E-state index in [-0.39, 0.29) is 0 Å². The second-order valence-corrected chi connectivity index (χ2v) is 4.39. The number of aryl methyl sites for hydroxylation is 1. The van der Waals surface area contributed by atoms with Crippen LogP contribution in [-0.4, -0.2) is 24.1 Å². The van der Waals surface area contributed by atoms with Gasteiger partial charge in [-0.25, -0.2) is 0 Å². The Morgan fingerprint density at radius 1 is 1.31 bits per heavy atom. The molecule has 0 aromatic carbocycles. The molecule has 0 aliphatic rings. The summed E-state index contributed by atoms with van der Waals surface area (Å²) in [6, 6.07) is 4.70. The summed E-state index contributed by atoms with van der Waals surface area (Å²) in [6.45, 7) is 9.45. The summed E-state index contributed by atoms with van der Waals surface area (Å²) in [5, 5.41) is 6.84. The van der Waals surface area contributed by atoms with Gasteiger partial charge in [0.1, 0.15) is 0 Å². The SMILES string of the molecule is Cc1ncccc1CNCCCNC(C)C. The van der Waals surface area contributed by atoms with Gasteiger partial charge in [0, 0.05) is 24.5 Å². The topological polar surface area (TPSA) is 37.0 Å². The van der Waals surface area contributed by atoms with Gasteiger partial charge in [-0.15, -0.1) is 0 Å². The molecule has 0 saturated heterocycles.